The predicted molar refractivity (Wildman–Crippen MR) is 82.0 cm³/mol. The van der Waals surface area contributed by atoms with Gasteiger partial charge in [-0.1, -0.05) is 0 Å². The van der Waals surface area contributed by atoms with Gasteiger partial charge in [-0.3, -0.25) is 4.57 Å². The molecule has 3 rings (SSSR count). The van der Waals surface area contributed by atoms with Gasteiger partial charge >= 0.3 is 0 Å². The normalized spacial score (nSPS) is 10.6. The lowest BCUT2D eigenvalue weighted by molar-refractivity contribution is 1.10. The molecule has 0 atom stereocenters. The van der Waals surface area contributed by atoms with Crippen LogP contribution in [0.25, 0.3) is 16.7 Å². The highest BCUT2D eigenvalue weighted by Crippen LogP contribution is 2.25. The molecule has 1 heterocycles. The number of imidazole rings is 1. The maximum atomic E-state index is 9.02. The van der Waals surface area contributed by atoms with E-state index in [9.17, 15) is 0 Å². The topological polar surface area (TPSA) is 67.6 Å². The monoisotopic (exact) mass is 280 g/mol. The number of aromatic nitrogens is 2. The number of nitrogens with zero attached hydrogens (tertiary/aromatic N) is 3. The summed E-state index contributed by atoms with van der Waals surface area (Å²) in [7, 11) is 0. The van der Waals surface area contributed by atoms with E-state index in [0.717, 1.165) is 16.7 Å². The fraction of sp³-hybridized carbons (Fsp3) is 0.0667. The Balaban J connectivity index is 2.23. The summed E-state index contributed by atoms with van der Waals surface area (Å²) in [5.41, 5.74) is 9.18. The second-order valence-corrected chi connectivity index (χ2v) is 5.20. The van der Waals surface area contributed by atoms with Crippen molar-refractivity contribution in [3.8, 4) is 11.8 Å². The summed E-state index contributed by atoms with van der Waals surface area (Å²) < 4.78 is 1.86. The molecule has 20 heavy (non-hydrogen) atoms. The molecule has 2 aromatic carbocycles. The van der Waals surface area contributed by atoms with E-state index in [4.69, 9.17) is 11.0 Å². The minimum Gasteiger partial charge on any atom is -0.369 e. The number of thioether (sulfide) groups is 1. The zero-order chi connectivity index (χ0) is 14.1. The van der Waals surface area contributed by atoms with Crippen LogP contribution in [0.2, 0.25) is 0 Å². The van der Waals surface area contributed by atoms with E-state index in [2.05, 4.69) is 11.1 Å². The fourth-order valence-electron chi connectivity index (χ4n) is 2.17. The van der Waals surface area contributed by atoms with Gasteiger partial charge in [-0.2, -0.15) is 5.26 Å². The van der Waals surface area contributed by atoms with Crippen LogP contribution in [-0.4, -0.2) is 15.8 Å². The SMILES string of the molecule is CSc1ccc(-n2c(N)nc3ccc(C#N)cc32)cc1. The van der Waals surface area contributed by atoms with Crippen molar-refractivity contribution in [3.63, 3.8) is 0 Å². The number of hydrogen-bond acceptors (Lipinski definition) is 4. The van der Waals surface area contributed by atoms with Crippen LogP contribution in [-0.2, 0) is 0 Å². The standard InChI is InChI=1S/C15H12N4S/c1-20-12-5-3-11(4-6-12)19-14-8-10(9-16)2-7-13(14)18-15(19)17/h2-8H,1H3,(H2,17,18). The van der Waals surface area contributed by atoms with Crippen molar-refractivity contribution in [1.82, 2.24) is 9.55 Å². The molecule has 0 spiro atoms. The van der Waals surface area contributed by atoms with Crippen LogP contribution in [0.15, 0.2) is 47.4 Å². The van der Waals surface area contributed by atoms with Crippen molar-refractivity contribution >= 4 is 28.7 Å². The molecule has 0 radical (unpaired) electrons. The molecule has 3 aromatic rings. The number of nitriles is 1. The van der Waals surface area contributed by atoms with Gasteiger partial charge in [0.05, 0.1) is 22.7 Å². The minimum absolute atomic E-state index is 0.423. The van der Waals surface area contributed by atoms with E-state index in [-0.39, 0.29) is 0 Å². The Morgan fingerprint density at radius 2 is 1.95 bits per heavy atom. The first kappa shape index (κ1) is 12.6. The Morgan fingerprint density at radius 1 is 1.20 bits per heavy atom. The fourth-order valence-corrected chi connectivity index (χ4v) is 2.57. The molecular weight excluding hydrogens is 268 g/mol. The number of nitrogens with two attached hydrogens (primary N) is 1. The lowest BCUT2D eigenvalue weighted by Crippen LogP contribution is -2.00. The highest BCUT2D eigenvalue weighted by atomic mass is 32.2. The minimum atomic E-state index is 0.423. The zero-order valence-electron chi connectivity index (χ0n) is 10.9. The largest absolute Gasteiger partial charge is 0.369 e. The Hall–Kier alpha value is -2.45. The molecular formula is C15H12N4S. The van der Waals surface area contributed by atoms with Gasteiger partial charge in [0.1, 0.15) is 0 Å². The number of fused-ring (bicyclic) bond motifs is 1. The molecule has 98 valence electrons. The van der Waals surface area contributed by atoms with E-state index in [1.807, 2.05) is 41.2 Å². The summed E-state index contributed by atoms with van der Waals surface area (Å²) >= 11 is 1.69. The molecule has 0 saturated carbocycles. The molecule has 0 aliphatic heterocycles. The molecule has 0 aliphatic carbocycles. The van der Waals surface area contributed by atoms with Crippen LogP contribution >= 0.6 is 11.8 Å². The Kier molecular flexibility index (Phi) is 3.09. The first-order valence-electron chi connectivity index (χ1n) is 6.05. The highest BCUT2D eigenvalue weighted by Gasteiger charge is 2.10. The van der Waals surface area contributed by atoms with Crippen molar-refractivity contribution in [1.29, 1.82) is 5.26 Å². The van der Waals surface area contributed by atoms with Crippen LogP contribution in [0.5, 0.6) is 0 Å². The number of hydrogen-bond donors (Lipinski definition) is 1. The number of anilines is 1. The van der Waals surface area contributed by atoms with E-state index in [0.29, 0.717) is 11.5 Å². The van der Waals surface area contributed by atoms with Crippen LogP contribution in [0.4, 0.5) is 5.95 Å². The van der Waals surface area contributed by atoms with Crippen LogP contribution in [0, 0.1) is 11.3 Å². The van der Waals surface area contributed by atoms with Crippen LogP contribution < -0.4 is 5.73 Å². The first-order valence-corrected chi connectivity index (χ1v) is 7.28. The third-order valence-electron chi connectivity index (χ3n) is 3.14. The van der Waals surface area contributed by atoms with Gasteiger partial charge in [-0.05, 0) is 48.7 Å². The maximum Gasteiger partial charge on any atom is 0.205 e. The summed E-state index contributed by atoms with van der Waals surface area (Å²) in [4.78, 5) is 5.52. The zero-order valence-corrected chi connectivity index (χ0v) is 11.7. The quantitative estimate of drug-likeness (QED) is 0.732. The smallest absolute Gasteiger partial charge is 0.205 e. The third kappa shape index (κ3) is 2.00. The van der Waals surface area contributed by atoms with Gasteiger partial charge in [0.15, 0.2) is 0 Å². The summed E-state index contributed by atoms with van der Waals surface area (Å²) in [6.07, 6.45) is 2.04. The van der Waals surface area contributed by atoms with E-state index in [1.165, 1.54) is 4.90 Å². The van der Waals surface area contributed by atoms with Gasteiger partial charge in [0.2, 0.25) is 5.95 Å². The van der Waals surface area contributed by atoms with Crippen molar-refractivity contribution in [2.75, 3.05) is 12.0 Å². The van der Waals surface area contributed by atoms with Gasteiger partial charge in [-0.25, -0.2) is 4.98 Å². The van der Waals surface area contributed by atoms with Gasteiger partial charge in [0, 0.05) is 10.6 Å². The molecule has 0 unspecified atom stereocenters. The molecule has 2 N–H and O–H groups in total. The van der Waals surface area contributed by atoms with E-state index in [1.54, 1.807) is 23.9 Å². The molecule has 0 bridgehead atoms. The van der Waals surface area contributed by atoms with E-state index < -0.39 is 0 Å². The Bertz CT molecular complexity index is 812. The molecule has 0 saturated heterocycles. The molecule has 1 aromatic heterocycles. The second-order valence-electron chi connectivity index (χ2n) is 4.32. The van der Waals surface area contributed by atoms with Crippen molar-refractivity contribution in [2.45, 2.75) is 4.90 Å². The molecule has 5 heteroatoms. The first-order chi connectivity index (χ1) is 9.72. The molecule has 0 amide bonds. The highest BCUT2D eigenvalue weighted by molar-refractivity contribution is 7.98. The van der Waals surface area contributed by atoms with Gasteiger partial charge in [0.25, 0.3) is 0 Å². The van der Waals surface area contributed by atoms with Crippen molar-refractivity contribution in [3.05, 3.63) is 48.0 Å². The molecule has 0 fully saturated rings. The number of rotatable bonds is 2. The lowest BCUT2D eigenvalue weighted by Gasteiger charge is -2.07. The summed E-state index contributed by atoms with van der Waals surface area (Å²) in [5.74, 6) is 0.423. The van der Waals surface area contributed by atoms with Crippen LogP contribution in [0.1, 0.15) is 5.56 Å². The Labute approximate surface area is 120 Å². The number of nitrogen functional groups attached to an aromatic ring is 1. The average Bonchev–Trinajstić information content (AvgIpc) is 2.82. The summed E-state index contributed by atoms with van der Waals surface area (Å²) in [5, 5.41) is 9.02. The van der Waals surface area contributed by atoms with Gasteiger partial charge in [-0.15, -0.1) is 11.8 Å². The molecule has 0 aliphatic rings. The summed E-state index contributed by atoms with van der Waals surface area (Å²) in [6.45, 7) is 0. The van der Waals surface area contributed by atoms with Crippen LogP contribution in [0.3, 0.4) is 0 Å². The third-order valence-corrected chi connectivity index (χ3v) is 3.88. The van der Waals surface area contributed by atoms with Crippen molar-refractivity contribution in [2.24, 2.45) is 0 Å². The average molecular weight is 280 g/mol. The van der Waals surface area contributed by atoms with Gasteiger partial charge < -0.3 is 5.73 Å². The lowest BCUT2D eigenvalue weighted by atomic mass is 10.2. The number of benzene rings is 2. The van der Waals surface area contributed by atoms with Crippen molar-refractivity contribution < 1.29 is 0 Å². The van der Waals surface area contributed by atoms with E-state index >= 15 is 0 Å². The molecule has 4 nitrogen and oxygen atoms in total. The predicted octanol–water partition coefficient (Wildman–Crippen LogP) is 3.20. The Morgan fingerprint density at radius 3 is 2.60 bits per heavy atom. The maximum absolute atomic E-state index is 9.02. The second kappa shape index (κ2) is 4.91. The summed E-state index contributed by atoms with van der Waals surface area (Å²) in [6, 6.07) is 15.6.